The van der Waals surface area contributed by atoms with E-state index in [-0.39, 0.29) is 13.0 Å². The van der Waals surface area contributed by atoms with Crippen molar-refractivity contribution in [1.29, 1.82) is 0 Å². The fourth-order valence-corrected chi connectivity index (χ4v) is 4.76. The first kappa shape index (κ1) is 33.7. The van der Waals surface area contributed by atoms with Gasteiger partial charge in [-0.3, -0.25) is 4.90 Å². The van der Waals surface area contributed by atoms with Crippen molar-refractivity contribution in [2.45, 2.75) is 103 Å². The minimum atomic E-state index is -1.87. The number of carbonyl (C=O) groups excluding carboxylic acids is 3. The number of hydrogen-bond donors (Lipinski definition) is 0. The topological polar surface area (TPSA) is 82.1 Å². The molecule has 0 N–H and O–H groups in total. The second kappa shape index (κ2) is 14.6. The van der Waals surface area contributed by atoms with Crippen LogP contribution in [-0.4, -0.2) is 53.4 Å². The Morgan fingerprint density at radius 3 is 2.23 bits per heavy atom. The second-order valence-electron chi connectivity index (χ2n) is 12.5. The van der Waals surface area contributed by atoms with E-state index in [1.807, 2.05) is 12.1 Å². The third-order valence-electron chi connectivity index (χ3n) is 6.94. The number of hydrogen-bond acceptors (Lipinski definition) is 6. The summed E-state index contributed by atoms with van der Waals surface area (Å²) in [5.74, 6) is -2.30. The monoisotopic (exact) mass is 599 g/mol. The minimum absolute atomic E-state index is 0.0755. The zero-order chi connectivity index (χ0) is 31.8. The maximum Gasteiger partial charge on any atom is 0.410 e. The Morgan fingerprint density at radius 2 is 1.65 bits per heavy atom. The van der Waals surface area contributed by atoms with E-state index in [1.54, 1.807) is 57.2 Å². The van der Waals surface area contributed by atoms with Crippen LogP contribution < -0.4 is 0 Å². The molecule has 1 amide bonds. The molecule has 7 nitrogen and oxygen atoms in total. The highest BCUT2D eigenvalue weighted by Gasteiger charge is 2.38. The van der Waals surface area contributed by atoms with Gasteiger partial charge in [0.25, 0.3) is 0 Å². The number of allylic oxidation sites excluding steroid dienone is 2. The molecule has 0 saturated carbocycles. The largest absolute Gasteiger partial charge is 0.458 e. The molecule has 2 aromatic rings. The third kappa shape index (κ3) is 10.8. The maximum absolute atomic E-state index is 15.2. The molecule has 9 heteroatoms. The summed E-state index contributed by atoms with van der Waals surface area (Å²) < 4.78 is 46.5. The van der Waals surface area contributed by atoms with Crippen molar-refractivity contribution >= 4 is 23.6 Å². The predicted molar refractivity (Wildman–Crippen MR) is 160 cm³/mol. The number of alkyl halides is 1. The van der Waals surface area contributed by atoms with Gasteiger partial charge in [0, 0.05) is 25.5 Å². The average Bonchev–Trinajstić information content (AvgIpc) is 2.93. The Morgan fingerprint density at radius 1 is 0.953 bits per heavy atom. The van der Waals surface area contributed by atoms with Crippen molar-refractivity contribution in [2.75, 3.05) is 7.05 Å². The van der Waals surface area contributed by atoms with Gasteiger partial charge in [-0.1, -0.05) is 48.5 Å². The van der Waals surface area contributed by atoms with E-state index in [2.05, 4.69) is 0 Å². The summed E-state index contributed by atoms with van der Waals surface area (Å²) in [6.07, 6.45) is 2.88. The maximum atomic E-state index is 15.2. The molecule has 43 heavy (non-hydrogen) atoms. The molecule has 0 fully saturated rings. The van der Waals surface area contributed by atoms with Gasteiger partial charge >= 0.3 is 18.0 Å². The normalized spacial score (nSPS) is 15.1. The van der Waals surface area contributed by atoms with Crippen molar-refractivity contribution < 1.29 is 37.4 Å². The molecule has 1 unspecified atom stereocenters. The summed E-state index contributed by atoms with van der Waals surface area (Å²) in [7, 11) is 1.31. The summed E-state index contributed by atoms with van der Waals surface area (Å²) in [6.45, 7) is 7.47. The first-order valence-electron chi connectivity index (χ1n) is 14.7. The Hall–Kier alpha value is -3.75. The zero-order valence-corrected chi connectivity index (χ0v) is 26.0. The Labute approximate surface area is 253 Å². The molecule has 0 aromatic heterocycles. The van der Waals surface area contributed by atoms with Crippen LogP contribution in [0.4, 0.5) is 13.6 Å². The van der Waals surface area contributed by atoms with Crippen LogP contribution in [0.1, 0.15) is 83.4 Å². The lowest BCUT2D eigenvalue weighted by atomic mass is 9.92. The van der Waals surface area contributed by atoms with E-state index in [0.29, 0.717) is 11.1 Å². The summed E-state index contributed by atoms with van der Waals surface area (Å²) >= 11 is 0. The molecule has 2 atom stereocenters. The van der Waals surface area contributed by atoms with Gasteiger partial charge in [0.1, 0.15) is 29.7 Å². The molecular formula is C34H43F2NO6. The van der Waals surface area contributed by atoms with Crippen LogP contribution in [0.25, 0.3) is 5.57 Å². The lowest BCUT2D eigenvalue weighted by Crippen LogP contribution is -2.49. The van der Waals surface area contributed by atoms with Gasteiger partial charge in [-0.05, 0) is 83.1 Å². The van der Waals surface area contributed by atoms with Crippen LogP contribution in [0.3, 0.4) is 0 Å². The molecule has 0 heterocycles. The smallest absolute Gasteiger partial charge is 0.410 e. The van der Waals surface area contributed by atoms with Crippen molar-refractivity contribution in [2.24, 2.45) is 0 Å². The molecule has 234 valence electrons. The lowest BCUT2D eigenvalue weighted by Gasteiger charge is -2.32. The Balaban J connectivity index is 1.86. The molecular weight excluding hydrogens is 556 g/mol. The summed E-state index contributed by atoms with van der Waals surface area (Å²) in [4.78, 5) is 40.5. The van der Waals surface area contributed by atoms with Crippen LogP contribution in [-0.2, 0) is 36.8 Å². The van der Waals surface area contributed by atoms with Gasteiger partial charge in [-0.15, -0.1) is 0 Å². The van der Waals surface area contributed by atoms with Crippen molar-refractivity contribution in [1.82, 2.24) is 4.90 Å². The number of benzene rings is 2. The van der Waals surface area contributed by atoms with Gasteiger partial charge in [-0.25, -0.2) is 23.2 Å². The molecule has 0 bridgehead atoms. The van der Waals surface area contributed by atoms with Crippen molar-refractivity contribution in [3.63, 3.8) is 0 Å². The van der Waals surface area contributed by atoms with E-state index in [9.17, 15) is 18.8 Å². The van der Waals surface area contributed by atoms with E-state index >= 15 is 4.39 Å². The lowest BCUT2D eigenvalue weighted by molar-refractivity contribution is -0.172. The number of ether oxygens (including phenoxy) is 3. The number of carbonyl (C=O) groups is 3. The molecule has 0 saturated heterocycles. The quantitative estimate of drug-likeness (QED) is 0.198. The molecule has 0 radical (unpaired) electrons. The van der Waals surface area contributed by atoms with Crippen LogP contribution in [0, 0.1) is 5.82 Å². The molecule has 0 spiro atoms. The summed E-state index contributed by atoms with van der Waals surface area (Å²) in [5.41, 5.74) is -0.140. The Bertz CT molecular complexity index is 1300. The van der Waals surface area contributed by atoms with E-state index in [0.717, 1.165) is 41.7 Å². The highest BCUT2D eigenvalue weighted by molar-refractivity contribution is 5.85. The average molecular weight is 600 g/mol. The fraction of sp³-hybridized carbons (Fsp3) is 0.500. The van der Waals surface area contributed by atoms with Crippen molar-refractivity contribution in [3.8, 4) is 0 Å². The van der Waals surface area contributed by atoms with Gasteiger partial charge < -0.3 is 14.2 Å². The number of likely N-dealkylation sites (N-methyl/N-ethyl adjacent to an activating group) is 1. The van der Waals surface area contributed by atoms with Crippen LogP contribution in [0.5, 0.6) is 0 Å². The molecule has 1 aliphatic rings. The van der Waals surface area contributed by atoms with Crippen LogP contribution in [0.15, 0.2) is 54.6 Å². The molecule has 1 aliphatic carbocycles. The van der Waals surface area contributed by atoms with Gasteiger partial charge in [0.05, 0.1) is 0 Å². The van der Waals surface area contributed by atoms with E-state index in [1.165, 1.54) is 27.0 Å². The van der Waals surface area contributed by atoms with Gasteiger partial charge in [-0.2, -0.15) is 0 Å². The van der Waals surface area contributed by atoms with E-state index in [4.69, 9.17) is 14.2 Å². The number of rotatable bonds is 11. The van der Waals surface area contributed by atoms with Gasteiger partial charge in [0.15, 0.2) is 0 Å². The molecule has 2 aromatic carbocycles. The number of amides is 1. The number of esters is 2. The standard InChI is InChI=1S/C34H43F2NO6/c1-33(2,3)43-32(40)37(6)28(21-34(4,5)36)30(38)42-29(31(39)41-22-23-13-9-7-10-14-23)20-24-17-18-26(27(35)19-24)25-15-11-8-12-16-25/h7,9-10,13-15,17-19,28-29H,8,11-12,16,20-22H2,1-6H3/t28-,29?/m0/s1. The SMILES string of the molecule is CN(C(=O)OC(C)(C)C)[C@@H](CC(C)(C)F)C(=O)OC(Cc1ccc(C2=CCCCC2)c(F)c1)C(=O)OCc1ccccc1. The summed E-state index contributed by atoms with van der Waals surface area (Å²) in [6, 6.07) is 12.2. The highest BCUT2D eigenvalue weighted by atomic mass is 19.1. The number of nitrogens with zero attached hydrogens (tertiary/aromatic N) is 1. The number of halogens is 2. The molecule has 3 rings (SSSR count). The van der Waals surface area contributed by atoms with E-state index < -0.39 is 53.7 Å². The predicted octanol–water partition coefficient (Wildman–Crippen LogP) is 7.35. The van der Waals surface area contributed by atoms with Crippen molar-refractivity contribution in [3.05, 3.63) is 77.1 Å². The second-order valence-corrected chi connectivity index (χ2v) is 12.5. The first-order valence-corrected chi connectivity index (χ1v) is 14.7. The van der Waals surface area contributed by atoms with Crippen LogP contribution >= 0.6 is 0 Å². The molecule has 0 aliphatic heterocycles. The zero-order valence-electron chi connectivity index (χ0n) is 26.0. The highest BCUT2D eigenvalue weighted by Crippen LogP contribution is 2.29. The first-order chi connectivity index (χ1) is 20.1. The van der Waals surface area contributed by atoms with Gasteiger partial charge in [0.2, 0.25) is 6.10 Å². The Kier molecular flexibility index (Phi) is 11.5. The summed E-state index contributed by atoms with van der Waals surface area (Å²) in [5, 5.41) is 0. The fourth-order valence-electron chi connectivity index (χ4n) is 4.76. The minimum Gasteiger partial charge on any atom is -0.458 e. The third-order valence-corrected chi connectivity index (χ3v) is 6.94. The van der Waals surface area contributed by atoms with Crippen LogP contribution in [0.2, 0.25) is 0 Å².